The number of allylic oxidation sites excluding steroid dienone is 1. The van der Waals surface area contributed by atoms with Gasteiger partial charge in [0.2, 0.25) is 5.91 Å². The van der Waals surface area contributed by atoms with E-state index in [0.717, 1.165) is 30.3 Å². The second kappa shape index (κ2) is 12.1. The highest BCUT2D eigenvalue weighted by atomic mass is 35.5. The summed E-state index contributed by atoms with van der Waals surface area (Å²) in [4.78, 5) is 23.8. The molecule has 2 rings (SSSR count). The number of amides is 2. The first-order valence-electron chi connectivity index (χ1n) is 10.3. The molecule has 0 aliphatic rings. The molecule has 2 N–H and O–H groups in total. The van der Waals surface area contributed by atoms with Gasteiger partial charge in [0.25, 0.3) is 11.8 Å². The SMILES string of the molecule is CC(NC(=O)CC(F)(F)F)NC(=O)c1ccc(/C(F)=C/C(c2cc(Cl)c(Cl)c(Cl)c2)C(C)(F)F)cc1Cl. The van der Waals surface area contributed by atoms with Crippen molar-refractivity contribution in [2.45, 2.75) is 44.5 Å². The molecular weight excluding hydrogens is 592 g/mol. The second-order valence-electron chi connectivity index (χ2n) is 8.00. The maximum Gasteiger partial charge on any atom is 0.397 e. The van der Waals surface area contributed by atoms with E-state index in [1.807, 2.05) is 5.32 Å². The molecule has 202 valence electrons. The van der Waals surface area contributed by atoms with Crippen LogP contribution in [0.1, 0.15) is 47.7 Å². The van der Waals surface area contributed by atoms with Crippen molar-refractivity contribution in [1.29, 1.82) is 0 Å². The zero-order valence-electron chi connectivity index (χ0n) is 18.9. The van der Waals surface area contributed by atoms with Gasteiger partial charge in [-0.15, -0.1) is 0 Å². The van der Waals surface area contributed by atoms with Crippen LogP contribution in [0.25, 0.3) is 5.83 Å². The zero-order chi connectivity index (χ0) is 28.3. The predicted octanol–water partition coefficient (Wildman–Crippen LogP) is 8.19. The fourth-order valence-corrected chi connectivity index (χ4v) is 4.04. The Morgan fingerprint density at radius 2 is 1.51 bits per heavy atom. The lowest BCUT2D eigenvalue weighted by Gasteiger charge is -2.22. The second-order valence-corrected chi connectivity index (χ2v) is 9.60. The van der Waals surface area contributed by atoms with Gasteiger partial charge in [0.05, 0.1) is 37.7 Å². The minimum absolute atomic E-state index is 0.0513. The van der Waals surface area contributed by atoms with Crippen molar-refractivity contribution in [1.82, 2.24) is 10.6 Å². The molecule has 0 spiro atoms. The number of nitrogens with one attached hydrogen (secondary N) is 2. The van der Waals surface area contributed by atoms with Crippen LogP contribution < -0.4 is 10.6 Å². The van der Waals surface area contributed by atoms with Crippen LogP contribution in [0.15, 0.2) is 36.4 Å². The highest BCUT2D eigenvalue weighted by Crippen LogP contribution is 2.41. The van der Waals surface area contributed by atoms with Gasteiger partial charge >= 0.3 is 6.18 Å². The summed E-state index contributed by atoms with van der Waals surface area (Å²) in [6, 6.07) is 5.45. The molecule has 0 fully saturated rings. The minimum Gasteiger partial charge on any atom is -0.336 e. The van der Waals surface area contributed by atoms with E-state index in [9.17, 15) is 31.5 Å². The van der Waals surface area contributed by atoms with E-state index in [1.54, 1.807) is 0 Å². The first-order chi connectivity index (χ1) is 16.9. The highest BCUT2D eigenvalue weighted by Gasteiger charge is 2.35. The normalized spacial score (nSPS) is 14.2. The summed E-state index contributed by atoms with van der Waals surface area (Å²) in [5, 5.41) is 3.63. The third-order valence-corrected chi connectivity index (χ3v) is 6.31. The number of hydrogen-bond donors (Lipinski definition) is 2. The molecule has 4 nitrogen and oxygen atoms in total. The lowest BCUT2D eigenvalue weighted by Crippen LogP contribution is -2.46. The molecule has 2 amide bonds. The largest absolute Gasteiger partial charge is 0.397 e. The number of hydrogen-bond acceptors (Lipinski definition) is 2. The third-order valence-electron chi connectivity index (χ3n) is 4.80. The lowest BCUT2D eigenvalue weighted by atomic mass is 9.92. The van der Waals surface area contributed by atoms with Gasteiger partial charge in [-0.05, 0) is 42.8 Å². The topological polar surface area (TPSA) is 58.2 Å². The van der Waals surface area contributed by atoms with Gasteiger partial charge < -0.3 is 10.6 Å². The van der Waals surface area contributed by atoms with Crippen molar-refractivity contribution in [3.63, 3.8) is 0 Å². The average molecular weight is 610 g/mol. The molecule has 0 saturated carbocycles. The quantitative estimate of drug-likeness (QED) is 0.180. The molecule has 0 radical (unpaired) electrons. The first-order valence-corrected chi connectivity index (χ1v) is 11.8. The van der Waals surface area contributed by atoms with Crippen LogP contribution in [0.4, 0.5) is 26.3 Å². The predicted molar refractivity (Wildman–Crippen MR) is 131 cm³/mol. The Labute approximate surface area is 227 Å². The minimum atomic E-state index is -4.72. The summed E-state index contributed by atoms with van der Waals surface area (Å²) in [5.74, 6) is -8.60. The van der Waals surface area contributed by atoms with Crippen molar-refractivity contribution in [3.05, 3.63) is 73.2 Å². The van der Waals surface area contributed by atoms with Crippen LogP contribution in [0.5, 0.6) is 0 Å². The Kier molecular flexibility index (Phi) is 10.2. The van der Waals surface area contributed by atoms with Crippen molar-refractivity contribution >= 4 is 64.0 Å². The molecule has 14 heteroatoms. The van der Waals surface area contributed by atoms with E-state index in [2.05, 4.69) is 5.32 Å². The van der Waals surface area contributed by atoms with Gasteiger partial charge in [-0.1, -0.05) is 52.5 Å². The number of rotatable bonds is 8. The van der Waals surface area contributed by atoms with Crippen LogP contribution in [0.2, 0.25) is 20.1 Å². The molecule has 0 heterocycles. The summed E-state index contributed by atoms with van der Waals surface area (Å²) < 4.78 is 80.6. The van der Waals surface area contributed by atoms with E-state index >= 15 is 4.39 Å². The molecule has 0 bridgehead atoms. The fourth-order valence-electron chi connectivity index (χ4n) is 3.17. The smallest absolute Gasteiger partial charge is 0.336 e. The zero-order valence-corrected chi connectivity index (χ0v) is 21.9. The number of alkyl halides is 5. The van der Waals surface area contributed by atoms with Gasteiger partial charge in [-0.2, -0.15) is 13.2 Å². The summed E-state index contributed by atoms with van der Waals surface area (Å²) in [5.41, 5.74) is -0.553. The maximum absolute atomic E-state index is 15.0. The lowest BCUT2D eigenvalue weighted by molar-refractivity contribution is -0.154. The number of benzene rings is 2. The van der Waals surface area contributed by atoms with Gasteiger partial charge in [0, 0.05) is 12.5 Å². The summed E-state index contributed by atoms with van der Waals surface area (Å²) in [7, 11) is 0. The number of carbonyl (C=O) groups excluding carboxylic acids is 2. The molecular formula is C23H18Cl4F6N2O2. The van der Waals surface area contributed by atoms with Gasteiger partial charge in [-0.25, -0.2) is 13.2 Å². The highest BCUT2D eigenvalue weighted by molar-refractivity contribution is 6.48. The molecule has 0 aliphatic heterocycles. The van der Waals surface area contributed by atoms with Crippen molar-refractivity contribution in [3.8, 4) is 0 Å². The van der Waals surface area contributed by atoms with E-state index in [0.29, 0.717) is 13.0 Å². The molecule has 0 aliphatic carbocycles. The Morgan fingerprint density at radius 3 is 2.00 bits per heavy atom. The maximum atomic E-state index is 15.0. The van der Waals surface area contributed by atoms with Crippen molar-refractivity contribution in [2.24, 2.45) is 0 Å². The fraction of sp³-hybridized carbons (Fsp3) is 0.304. The Bertz CT molecular complexity index is 1190. The van der Waals surface area contributed by atoms with E-state index in [-0.39, 0.29) is 36.8 Å². The monoisotopic (exact) mass is 608 g/mol. The van der Waals surface area contributed by atoms with Gasteiger partial charge in [0.15, 0.2) is 0 Å². The van der Waals surface area contributed by atoms with Gasteiger partial charge in [-0.3, -0.25) is 9.59 Å². The van der Waals surface area contributed by atoms with Crippen LogP contribution in [0, 0.1) is 0 Å². The Morgan fingerprint density at radius 1 is 0.946 bits per heavy atom. The van der Waals surface area contributed by atoms with Gasteiger partial charge in [0.1, 0.15) is 12.2 Å². The van der Waals surface area contributed by atoms with Crippen molar-refractivity contribution in [2.75, 3.05) is 0 Å². The first kappa shape index (κ1) is 31.1. The third kappa shape index (κ3) is 8.98. The van der Waals surface area contributed by atoms with E-state index in [4.69, 9.17) is 46.4 Å². The molecule has 2 aromatic carbocycles. The van der Waals surface area contributed by atoms with Crippen LogP contribution in [-0.2, 0) is 4.79 Å². The van der Waals surface area contributed by atoms with E-state index < -0.39 is 48.2 Å². The van der Waals surface area contributed by atoms with Crippen LogP contribution in [0.3, 0.4) is 0 Å². The van der Waals surface area contributed by atoms with E-state index in [1.165, 1.54) is 6.92 Å². The molecule has 37 heavy (non-hydrogen) atoms. The average Bonchev–Trinajstić information content (AvgIpc) is 2.72. The summed E-state index contributed by atoms with van der Waals surface area (Å²) >= 11 is 23.8. The standard InChI is InChI=1S/C23H18Cl4F6N2O2/c1-10(34-19(36)9-23(31,32)33)35-21(37)13-4-3-11(5-15(13)24)18(28)8-14(22(2,29)30)12-6-16(25)20(27)17(26)7-12/h3-8,10,14H,9H2,1-2H3,(H,34,36)(H,35,37)/b18-8-. The number of halogens is 10. The van der Waals surface area contributed by atoms with Crippen LogP contribution >= 0.6 is 46.4 Å². The molecule has 2 unspecified atom stereocenters. The van der Waals surface area contributed by atoms with Crippen molar-refractivity contribution < 1.29 is 35.9 Å². The molecule has 2 aromatic rings. The summed E-state index contributed by atoms with van der Waals surface area (Å²) in [6.07, 6.45) is -7.02. The summed E-state index contributed by atoms with van der Waals surface area (Å²) in [6.45, 7) is 1.80. The Balaban J connectivity index is 2.26. The van der Waals surface area contributed by atoms with Crippen LogP contribution in [-0.4, -0.2) is 30.1 Å². The molecule has 0 saturated heterocycles. The number of carbonyl (C=O) groups is 2. The Hall–Kier alpha value is -2.14. The molecule has 2 atom stereocenters. The molecule has 0 aromatic heterocycles.